The zero-order valence-electron chi connectivity index (χ0n) is 33.2. The second-order valence-electron chi connectivity index (χ2n) is 20.8. The topological polar surface area (TPSA) is 138 Å². The quantitative estimate of drug-likeness (QED) is 0.176. The number of dihydropyridines is 1. The number of hydrogen-bond acceptors (Lipinski definition) is 8. The number of carbonyl (C=O) groups is 1. The van der Waals surface area contributed by atoms with Crippen molar-refractivity contribution in [3.63, 3.8) is 0 Å². The van der Waals surface area contributed by atoms with E-state index < -0.39 is 33.7 Å². The Kier molecular flexibility index (Phi) is 8.63. The molecular formula is C45H68N2O6. The molecule has 0 amide bonds. The molecule has 0 radical (unpaired) electrons. The van der Waals surface area contributed by atoms with Crippen LogP contribution in [0.15, 0.2) is 34.7 Å². The highest BCUT2D eigenvalue weighted by Gasteiger charge is 2.78. The van der Waals surface area contributed by atoms with Gasteiger partial charge in [-0.25, -0.2) is 0 Å². The van der Waals surface area contributed by atoms with Crippen LogP contribution in [0, 0.1) is 51.8 Å². The molecule has 8 heteroatoms. The van der Waals surface area contributed by atoms with Crippen molar-refractivity contribution in [2.24, 2.45) is 57.5 Å². The second kappa shape index (κ2) is 12.4. The summed E-state index contributed by atoms with van der Waals surface area (Å²) >= 11 is 0. The standard InChI is InChI=1S/C45H68N2O6/c1-26-16-21-52-44(25-26,39-38(53-39)42(5,50)40(2,3)17-12-27-15-20-47-35(46)22-27)34-23-29-10-11-31-36-32(14-18-41(34,4)45(29,36)51)43(28-8-6-7-9-28)19-13-30(48)24-33(43)37(31)49/h15,22,26,28-30,32-34,38-39,47-48,50-51H,6-14,16-21,23-25,46H2,1-5H3. The van der Waals surface area contributed by atoms with Crippen molar-refractivity contribution in [1.29, 1.82) is 0 Å². The lowest BCUT2D eigenvalue weighted by molar-refractivity contribution is -0.200. The van der Waals surface area contributed by atoms with E-state index in [1.54, 1.807) is 0 Å². The third kappa shape index (κ3) is 5.06. The van der Waals surface area contributed by atoms with Gasteiger partial charge in [-0.1, -0.05) is 46.6 Å². The Hall–Kier alpha value is -1.71. The summed E-state index contributed by atoms with van der Waals surface area (Å²) < 4.78 is 14.0. The van der Waals surface area contributed by atoms with E-state index in [1.807, 2.05) is 13.0 Å². The Morgan fingerprint density at radius 3 is 2.53 bits per heavy atom. The van der Waals surface area contributed by atoms with Crippen molar-refractivity contribution >= 4 is 5.78 Å². The number of epoxide rings is 1. The summed E-state index contributed by atoms with van der Waals surface area (Å²) in [5.41, 5.74) is 5.51. The number of rotatable bonds is 8. The lowest BCUT2D eigenvalue weighted by Gasteiger charge is -2.65. The van der Waals surface area contributed by atoms with Gasteiger partial charge >= 0.3 is 0 Å². The van der Waals surface area contributed by atoms with Crippen molar-refractivity contribution in [1.82, 2.24) is 5.32 Å². The average molecular weight is 733 g/mol. The monoisotopic (exact) mass is 733 g/mol. The van der Waals surface area contributed by atoms with E-state index >= 15 is 0 Å². The van der Waals surface area contributed by atoms with Crippen LogP contribution >= 0.6 is 0 Å². The molecule has 53 heavy (non-hydrogen) atoms. The third-order valence-corrected chi connectivity index (χ3v) is 18.2. The van der Waals surface area contributed by atoms with Gasteiger partial charge in [-0.15, -0.1) is 0 Å². The lowest BCUT2D eigenvalue weighted by Crippen LogP contribution is -2.66. The molecule has 4 saturated carbocycles. The molecule has 0 aromatic rings. The first-order valence-corrected chi connectivity index (χ1v) is 21.7. The SMILES string of the molecule is CC1CCOC(C2OC2C(C)(O)C(C)(C)CCC2=CCNC(N)=C2)(C2CC3CCC4=C5C(CCC2(C)C53O)C2(C3CCCC3)CCC(O)CC2C4=O)C1. The molecule has 0 aromatic carbocycles. The number of aliphatic hydroxyl groups excluding tert-OH is 1. The number of Topliss-reactive ketones (excluding diaryl/α,β-unsaturated/α-hetero) is 1. The Morgan fingerprint density at radius 1 is 1.02 bits per heavy atom. The molecule has 0 spiro atoms. The van der Waals surface area contributed by atoms with E-state index in [0.717, 1.165) is 88.3 Å². The second-order valence-corrected chi connectivity index (χ2v) is 20.8. The molecule has 6 aliphatic carbocycles. The number of fused-ring (bicyclic) bond motifs is 2. The first-order valence-electron chi connectivity index (χ1n) is 21.7. The molecule has 6 fully saturated rings. The van der Waals surface area contributed by atoms with E-state index in [-0.39, 0.29) is 47.1 Å². The zero-order chi connectivity index (χ0) is 37.3. The van der Waals surface area contributed by atoms with Crippen LogP contribution in [-0.4, -0.2) is 69.4 Å². The van der Waals surface area contributed by atoms with Crippen molar-refractivity contribution in [3.05, 3.63) is 34.7 Å². The molecule has 9 aliphatic rings. The minimum Gasteiger partial charge on any atom is -0.393 e. The molecule has 294 valence electrons. The molecule has 0 bridgehead atoms. The number of ketones is 1. The fourth-order valence-corrected chi connectivity index (χ4v) is 14.9. The van der Waals surface area contributed by atoms with E-state index in [1.165, 1.54) is 31.3 Å². The highest BCUT2D eigenvalue weighted by atomic mass is 16.6. The molecule has 9 rings (SSSR count). The van der Waals surface area contributed by atoms with E-state index in [0.29, 0.717) is 30.7 Å². The molecule has 3 aliphatic heterocycles. The molecule has 3 heterocycles. The molecule has 2 saturated heterocycles. The Morgan fingerprint density at radius 2 is 1.79 bits per heavy atom. The van der Waals surface area contributed by atoms with Gasteiger partial charge in [0.2, 0.25) is 0 Å². The van der Waals surface area contributed by atoms with Crippen LogP contribution in [-0.2, 0) is 14.3 Å². The highest BCUT2D eigenvalue weighted by molar-refractivity contribution is 6.00. The normalized spacial score (nSPS) is 48.0. The van der Waals surface area contributed by atoms with Gasteiger partial charge in [0.1, 0.15) is 17.8 Å². The van der Waals surface area contributed by atoms with Crippen molar-refractivity contribution in [2.45, 2.75) is 172 Å². The number of aliphatic hydroxyl groups is 3. The number of carbonyl (C=O) groups excluding carboxylic acids is 1. The van der Waals surface area contributed by atoms with E-state index in [2.05, 4.69) is 39.1 Å². The third-order valence-electron chi connectivity index (χ3n) is 18.2. The van der Waals surface area contributed by atoms with Gasteiger partial charge in [-0.2, -0.15) is 0 Å². The zero-order valence-corrected chi connectivity index (χ0v) is 33.2. The summed E-state index contributed by atoms with van der Waals surface area (Å²) in [5.74, 6) is 2.11. The maximum Gasteiger partial charge on any atom is 0.162 e. The minimum atomic E-state index is -1.10. The predicted octanol–water partition coefficient (Wildman–Crippen LogP) is 6.62. The lowest BCUT2D eigenvalue weighted by atomic mass is 9.40. The number of ether oxygens (including phenoxy) is 2. The van der Waals surface area contributed by atoms with Gasteiger partial charge in [0, 0.05) is 24.5 Å². The van der Waals surface area contributed by atoms with Crippen molar-refractivity contribution in [3.8, 4) is 0 Å². The maximum absolute atomic E-state index is 14.9. The molecule has 6 N–H and O–H groups in total. The minimum absolute atomic E-state index is 0.0471. The first-order chi connectivity index (χ1) is 25.1. The highest BCUT2D eigenvalue weighted by Crippen LogP contribution is 2.76. The summed E-state index contributed by atoms with van der Waals surface area (Å²) in [4.78, 5) is 14.9. The Bertz CT molecular complexity index is 1610. The molecule has 0 aromatic heterocycles. The van der Waals surface area contributed by atoms with E-state index in [9.17, 15) is 20.1 Å². The number of hydrogen-bond donors (Lipinski definition) is 5. The Balaban J connectivity index is 1.07. The van der Waals surface area contributed by atoms with Gasteiger partial charge in [-0.05, 0) is 160 Å². The fourth-order valence-electron chi connectivity index (χ4n) is 14.9. The van der Waals surface area contributed by atoms with Crippen LogP contribution in [0.5, 0.6) is 0 Å². The van der Waals surface area contributed by atoms with Gasteiger partial charge in [0.25, 0.3) is 0 Å². The first kappa shape index (κ1) is 36.9. The smallest absolute Gasteiger partial charge is 0.162 e. The summed E-state index contributed by atoms with van der Waals surface area (Å²) in [6, 6.07) is 0. The number of allylic oxidation sites excluding steroid dienone is 3. The molecule has 13 atom stereocenters. The summed E-state index contributed by atoms with van der Waals surface area (Å²) in [7, 11) is 0. The summed E-state index contributed by atoms with van der Waals surface area (Å²) in [5, 5.41) is 40.4. The van der Waals surface area contributed by atoms with Gasteiger partial charge in [0.15, 0.2) is 5.78 Å². The van der Waals surface area contributed by atoms with Crippen molar-refractivity contribution in [2.75, 3.05) is 13.2 Å². The molecule has 8 nitrogen and oxygen atoms in total. The summed E-state index contributed by atoms with van der Waals surface area (Å²) in [6.07, 6.45) is 18.0. The van der Waals surface area contributed by atoms with Crippen LogP contribution in [0.4, 0.5) is 0 Å². The molecular weight excluding hydrogens is 665 g/mol. The van der Waals surface area contributed by atoms with Gasteiger partial charge in [0.05, 0.1) is 23.1 Å². The van der Waals surface area contributed by atoms with E-state index in [4.69, 9.17) is 15.2 Å². The fraction of sp³-hybridized carbons (Fsp3) is 0.844. The van der Waals surface area contributed by atoms with Crippen molar-refractivity contribution < 1.29 is 29.6 Å². The van der Waals surface area contributed by atoms with Crippen LogP contribution in [0.1, 0.15) is 137 Å². The number of nitrogens with two attached hydrogens (primary N) is 1. The van der Waals surface area contributed by atoms with Gasteiger partial charge < -0.3 is 35.8 Å². The van der Waals surface area contributed by atoms with Crippen LogP contribution in [0.3, 0.4) is 0 Å². The summed E-state index contributed by atoms with van der Waals surface area (Å²) in [6.45, 7) is 12.4. The maximum atomic E-state index is 14.9. The largest absolute Gasteiger partial charge is 0.393 e. The van der Waals surface area contributed by atoms with Crippen LogP contribution in [0.25, 0.3) is 0 Å². The average Bonchev–Trinajstić information content (AvgIpc) is 3.69. The number of nitrogens with one attached hydrogen (secondary N) is 1. The van der Waals surface area contributed by atoms with Gasteiger partial charge in [-0.3, -0.25) is 4.79 Å². The Labute approximate surface area is 317 Å². The molecule has 13 unspecified atom stereocenters. The van der Waals surface area contributed by atoms with Crippen LogP contribution < -0.4 is 11.1 Å². The predicted molar refractivity (Wildman–Crippen MR) is 204 cm³/mol. The van der Waals surface area contributed by atoms with Crippen LogP contribution in [0.2, 0.25) is 0 Å².